The fourth-order valence-corrected chi connectivity index (χ4v) is 3.15. The van der Waals surface area contributed by atoms with Crippen molar-refractivity contribution in [2.45, 2.75) is 13.0 Å². The molecule has 4 rings (SSSR count). The maximum Gasteiger partial charge on any atom is 0.185 e. The number of para-hydroxylation sites is 2. The van der Waals surface area contributed by atoms with Gasteiger partial charge in [0.1, 0.15) is 5.75 Å². The molecule has 4 heteroatoms. The molecule has 0 aliphatic heterocycles. The van der Waals surface area contributed by atoms with Crippen LogP contribution in [0.25, 0.3) is 21.8 Å². The smallest absolute Gasteiger partial charge is 0.185 e. The number of aryl methyl sites for hydroxylation is 1. The highest BCUT2D eigenvalue weighted by molar-refractivity contribution is 5.88. The van der Waals surface area contributed by atoms with E-state index in [1.807, 2.05) is 53.1 Å². The van der Waals surface area contributed by atoms with Gasteiger partial charge in [-0.15, -0.1) is 0 Å². The summed E-state index contributed by atoms with van der Waals surface area (Å²) in [5, 5.41) is 2.29. The molecule has 1 heterocycles. The van der Waals surface area contributed by atoms with Crippen LogP contribution in [0, 0.1) is 0 Å². The largest absolute Gasteiger partial charge is 0.493 e. The highest BCUT2D eigenvalue weighted by Crippen LogP contribution is 2.25. The van der Waals surface area contributed by atoms with Gasteiger partial charge in [0.25, 0.3) is 0 Å². The van der Waals surface area contributed by atoms with E-state index in [0.29, 0.717) is 19.0 Å². The summed E-state index contributed by atoms with van der Waals surface area (Å²) >= 11 is 0. The maximum atomic E-state index is 11.3. The lowest BCUT2D eigenvalue weighted by Gasteiger charge is -2.10. The molecule has 0 amide bonds. The van der Waals surface area contributed by atoms with Crippen molar-refractivity contribution in [1.82, 2.24) is 9.55 Å². The Bertz CT molecular complexity index is 1030. The van der Waals surface area contributed by atoms with Crippen LogP contribution in [0.1, 0.15) is 17.0 Å². The van der Waals surface area contributed by atoms with Crippen LogP contribution in [0.4, 0.5) is 0 Å². The van der Waals surface area contributed by atoms with Gasteiger partial charge < -0.3 is 9.30 Å². The van der Waals surface area contributed by atoms with E-state index in [2.05, 4.69) is 23.2 Å². The number of carbonyl (C=O) groups excluding carboxylic acids is 1. The van der Waals surface area contributed by atoms with Gasteiger partial charge in [-0.05, 0) is 30.0 Å². The number of nitrogens with zero attached hydrogens (tertiary/aromatic N) is 2. The van der Waals surface area contributed by atoms with Gasteiger partial charge in [-0.2, -0.15) is 0 Å². The van der Waals surface area contributed by atoms with Crippen LogP contribution in [-0.2, 0) is 6.54 Å². The SMILES string of the molecule is O=Cc1nc2ccccc2n1CCCOc1cccc2ccccc12. The zero-order valence-corrected chi connectivity index (χ0v) is 13.8. The summed E-state index contributed by atoms with van der Waals surface area (Å²) in [7, 11) is 0. The van der Waals surface area contributed by atoms with E-state index in [1.165, 1.54) is 5.39 Å². The van der Waals surface area contributed by atoms with Crippen molar-refractivity contribution in [3.05, 3.63) is 72.6 Å². The van der Waals surface area contributed by atoms with E-state index in [0.717, 1.165) is 34.9 Å². The van der Waals surface area contributed by atoms with Crippen LogP contribution in [0.3, 0.4) is 0 Å². The third-order valence-corrected chi connectivity index (χ3v) is 4.32. The van der Waals surface area contributed by atoms with E-state index in [9.17, 15) is 4.79 Å². The fourth-order valence-electron chi connectivity index (χ4n) is 3.15. The summed E-state index contributed by atoms with van der Waals surface area (Å²) in [5.41, 5.74) is 1.83. The lowest BCUT2D eigenvalue weighted by atomic mass is 10.1. The van der Waals surface area contributed by atoms with E-state index >= 15 is 0 Å². The van der Waals surface area contributed by atoms with Crippen LogP contribution in [0.15, 0.2) is 66.7 Å². The van der Waals surface area contributed by atoms with Gasteiger partial charge >= 0.3 is 0 Å². The number of fused-ring (bicyclic) bond motifs is 2. The second-order valence-electron chi connectivity index (χ2n) is 5.91. The van der Waals surface area contributed by atoms with Gasteiger partial charge in [0, 0.05) is 11.9 Å². The van der Waals surface area contributed by atoms with Crippen LogP contribution in [0.5, 0.6) is 5.75 Å². The van der Waals surface area contributed by atoms with Gasteiger partial charge in [-0.3, -0.25) is 4.79 Å². The molecule has 0 aliphatic rings. The minimum atomic E-state index is 0.464. The molecular weight excluding hydrogens is 312 g/mol. The Labute approximate surface area is 145 Å². The highest BCUT2D eigenvalue weighted by Gasteiger charge is 2.09. The number of aromatic nitrogens is 2. The number of aldehydes is 1. The van der Waals surface area contributed by atoms with Crippen molar-refractivity contribution >= 4 is 28.1 Å². The van der Waals surface area contributed by atoms with E-state index in [1.54, 1.807) is 0 Å². The van der Waals surface area contributed by atoms with Gasteiger partial charge in [-0.25, -0.2) is 4.98 Å². The summed E-state index contributed by atoms with van der Waals surface area (Å²) in [4.78, 5) is 15.6. The van der Waals surface area contributed by atoms with Crippen LogP contribution in [-0.4, -0.2) is 22.4 Å². The molecule has 0 aliphatic carbocycles. The maximum absolute atomic E-state index is 11.3. The van der Waals surface area contributed by atoms with Crippen LogP contribution in [0.2, 0.25) is 0 Å². The lowest BCUT2D eigenvalue weighted by molar-refractivity contribution is 0.111. The molecule has 3 aromatic carbocycles. The van der Waals surface area contributed by atoms with Crippen molar-refractivity contribution in [1.29, 1.82) is 0 Å². The molecular formula is C21H18N2O2. The summed E-state index contributed by atoms with van der Waals surface area (Å²) < 4.78 is 7.93. The van der Waals surface area contributed by atoms with Crippen LogP contribution < -0.4 is 4.74 Å². The molecule has 4 aromatic rings. The minimum absolute atomic E-state index is 0.464. The van der Waals surface area contributed by atoms with Gasteiger partial charge in [0.05, 0.1) is 17.6 Å². The standard InChI is InChI=1S/C21H18N2O2/c24-15-21-22-18-10-3-4-11-19(18)23(21)13-6-14-25-20-12-5-8-16-7-1-2-9-17(16)20/h1-5,7-12,15H,6,13-14H2. The number of ether oxygens (including phenoxy) is 1. The molecule has 0 atom stereocenters. The summed E-state index contributed by atoms with van der Waals surface area (Å²) in [6, 6.07) is 22.1. The number of carbonyl (C=O) groups is 1. The average molecular weight is 330 g/mol. The van der Waals surface area contributed by atoms with E-state index < -0.39 is 0 Å². The first-order valence-corrected chi connectivity index (χ1v) is 8.38. The first kappa shape index (κ1) is 15.4. The van der Waals surface area contributed by atoms with Gasteiger partial charge in [0.2, 0.25) is 0 Å². The first-order valence-electron chi connectivity index (χ1n) is 8.38. The highest BCUT2D eigenvalue weighted by atomic mass is 16.5. The average Bonchev–Trinajstić information content (AvgIpc) is 3.03. The Balaban J connectivity index is 1.47. The van der Waals surface area contributed by atoms with Crippen molar-refractivity contribution in [3.8, 4) is 5.75 Å². The van der Waals surface area contributed by atoms with E-state index in [-0.39, 0.29) is 0 Å². The number of hydrogen-bond acceptors (Lipinski definition) is 3. The first-order chi connectivity index (χ1) is 12.4. The molecule has 0 radical (unpaired) electrons. The Morgan fingerprint density at radius 2 is 1.76 bits per heavy atom. The Morgan fingerprint density at radius 1 is 0.960 bits per heavy atom. The third kappa shape index (κ3) is 2.98. The second-order valence-corrected chi connectivity index (χ2v) is 5.91. The molecule has 4 nitrogen and oxygen atoms in total. The Morgan fingerprint density at radius 3 is 2.68 bits per heavy atom. The predicted octanol–water partition coefficient (Wildman–Crippen LogP) is 4.47. The third-order valence-electron chi connectivity index (χ3n) is 4.32. The summed E-state index contributed by atoms with van der Waals surface area (Å²) in [6.45, 7) is 1.28. The molecule has 0 saturated heterocycles. The van der Waals surface area contributed by atoms with Crippen LogP contribution >= 0.6 is 0 Å². The monoisotopic (exact) mass is 330 g/mol. The molecule has 0 N–H and O–H groups in total. The normalized spacial score (nSPS) is 11.0. The van der Waals surface area contributed by atoms with Gasteiger partial charge in [-0.1, -0.05) is 48.5 Å². The van der Waals surface area contributed by atoms with Crippen molar-refractivity contribution in [3.63, 3.8) is 0 Å². The topological polar surface area (TPSA) is 44.1 Å². The molecule has 0 unspecified atom stereocenters. The molecule has 124 valence electrons. The predicted molar refractivity (Wildman–Crippen MR) is 99.2 cm³/mol. The Hall–Kier alpha value is -3.14. The molecule has 0 fully saturated rings. The Kier molecular flexibility index (Phi) is 4.17. The molecule has 0 saturated carbocycles. The zero-order valence-electron chi connectivity index (χ0n) is 13.8. The fraction of sp³-hybridized carbons (Fsp3) is 0.143. The summed E-state index contributed by atoms with van der Waals surface area (Å²) in [5.74, 6) is 1.36. The number of rotatable bonds is 6. The molecule has 1 aromatic heterocycles. The van der Waals surface area contributed by atoms with Crippen molar-refractivity contribution < 1.29 is 9.53 Å². The zero-order chi connectivity index (χ0) is 17.1. The van der Waals surface area contributed by atoms with E-state index in [4.69, 9.17) is 4.74 Å². The quantitative estimate of drug-likeness (QED) is 0.387. The lowest BCUT2D eigenvalue weighted by Crippen LogP contribution is -2.07. The van der Waals surface area contributed by atoms with Gasteiger partial charge in [0.15, 0.2) is 12.1 Å². The second kappa shape index (κ2) is 6.77. The molecule has 0 bridgehead atoms. The summed E-state index contributed by atoms with van der Waals surface area (Å²) in [6.07, 6.45) is 1.61. The molecule has 25 heavy (non-hydrogen) atoms. The number of hydrogen-bond donors (Lipinski definition) is 0. The number of imidazole rings is 1. The minimum Gasteiger partial charge on any atom is -0.493 e. The van der Waals surface area contributed by atoms with Crippen molar-refractivity contribution in [2.75, 3.05) is 6.61 Å². The number of benzene rings is 3. The van der Waals surface area contributed by atoms with Crippen molar-refractivity contribution in [2.24, 2.45) is 0 Å². The molecule has 0 spiro atoms.